The molecule has 1 N–H and O–H groups in total. The van der Waals surface area contributed by atoms with Gasteiger partial charge in [-0.25, -0.2) is 0 Å². The van der Waals surface area contributed by atoms with Crippen LogP contribution >= 0.6 is 11.3 Å². The quantitative estimate of drug-likeness (QED) is 0.888. The van der Waals surface area contributed by atoms with Crippen molar-refractivity contribution in [2.45, 2.75) is 20.3 Å². The monoisotopic (exact) mass is 290 g/mol. The lowest BCUT2D eigenvalue weighted by Crippen LogP contribution is -2.30. The maximum absolute atomic E-state index is 12.5. The summed E-state index contributed by atoms with van der Waals surface area (Å²) in [6, 6.07) is 9.59. The molecule has 0 aliphatic heterocycles. The van der Waals surface area contributed by atoms with Crippen molar-refractivity contribution in [2.75, 3.05) is 23.3 Å². The highest BCUT2D eigenvalue weighted by atomic mass is 32.1. The molecule has 5 nitrogen and oxygen atoms in total. The number of carbonyl (C=O) groups excluding carboxylic acids is 1. The average molecular weight is 290 g/mol. The van der Waals surface area contributed by atoms with Gasteiger partial charge in [0.05, 0.1) is 0 Å². The first-order valence-corrected chi connectivity index (χ1v) is 7.52. The third-order valence-electron chi connectivity index (χ3n) is 2.76. The highest BCUT2D eigenvalue weighted by Crippen LogP contribution is 2.20. The molecule has 1 aromatic heterocycles. The molecular weight excluding hydrogens is 272 g/mol. The van der Waals surface area contributed by atoms with Crippen LogP contribution in [0.1, 0.15) is 30.1 Å². The molecule has 0 radical (unpaired) electrons. The summed E-state index contributed by atoms with van der Waals surface area (Å²) in [7, 11) is 0. The minimum Gasteiger partial charge on any atom is -0.360 e. The average Bonchev–Trinajstić information content (AvgIpc) is 2.96. The molecule has 0 bridgehead atoms. The van der Waals surface area contributed by atoms with Crippen LogP contribution in [0.25, 0.3) is 0 Å². The number of nitrogens with zero attached hydrogens (tertiary/aromatic N) is 3. The van der Waals surface area contributed by atoms with Crippen LogP contribution in [0.2, 0.25) is 0 Å². The lowest BCUT2D eigenvalue weighted by molar-refractivity contribution is 0.0987. The summed E-state index contributed by atoms with van der Waals surface area (Å²) in [5.74, 6) is -0.110. The topological polar surface area (TPSA) is 58.1 Å². The summed E-state index contributed by atoms with van der Waals surface area (Å²) in [5, 5.41) is 12.2. The summed E-state index contributed by atoms with van der Waals surface area (Å²) in [6.45, 7) is 5.45. The zero-order chi connectivity index (χ0) is 14.4. The predicted octanol–water partition coefficient (Wildman–Crippen LogP) is 3.03. The molecule has 106 valence electrons. The Kier molecular flexibility index (Phi) is 5.06. The standard InChI is InChI=1S/C14H18N4OS/c1-3-10-15-14-17-16-12(20-14)13(19)18(4-2)11-8-6-5-7-9-11/h5-9H,3-4,10H2,1-2H3,(H,15,17). The molecule has 0 aliphatic rings. The van der Waals surface area contributed by atoms with E-state index >= 15 is 0 Å². The summed E-state index contributed by atoms with van der Waals surface area (Å²) < 4.78 is 0. The highest BCUT2D eigenvalue weighted by molar-refractivity contribution is 7.17. The molecule has 20 heavy (non-hydrogen) atoms. The Morgan fingerprint density at radius 2 is 2.00 bits per heavy atom. The number of nitrogens with one attached hydrogen (secondary N) is 1. The number of hydrogen-bond acceptors (Lipinski definition) is 5. The Morgan fingerprint density at radius 1 is 1.25 bits per heavy atom. The van der Waals surface area contributed by atoms with Gasteiger partial charge in [0.2, 0.25) is 10.1 Å². The van der Waals surface area contributed by atoms with E-state index in [4.69, 9.17) is 0 Å². The number of hydrogen-bond donors (Lipinski definition) is 1. The molecule has 1 aromatic carbocycles. The van der Waals surface area contributed by atoms with E-state index in [0.29, 0.717) is 16.7 Å². The van der Waals surface area contributed by atoms with Crippen molar-refractivity contribution in [3.8, 4) is 0 Å². The Hall–Kier alpha value is -1.95. The molecule has 0 aliphatic carbocycles. The lowest BCUT2D eigenvalue weighted by atomic mass is 10.3. The van der Waals surface area contributed by atoms with Gasteiger partial charge in [0.1, 0.15) is 0 Å². The highest BCUT2D eigenvalue weighted by Gasteiger charge is 2.20. The van der Waals surface area contributed by atoms with E-state index in [1.54, 1.807) is 4.90 Å². The largest absolute Gasteiger partial charge is 0.360 e. The van der Waals surface area contributed by atoms with E-state index in [2.05, 4.69) is 22.4 Å². The maximum Gasteiger partial charge on any atom is 0.289 e. The van der Waals surface area contributed by atoms with Gasteiger partial charge in [-0.2, -0.15) is 0 Å². The zero-order valence-electron chi connectivity index (χ0n) is 11.7. The molecule has 2 aromatic rings. The lowest BCUT2D eigenvalue weighted by Gasteiger charge is -2.19. The SMILES string of the molecule is CCCNc1nnc(C(=O)N(CC)c2ccccc2)s1. The number of aromatic nitrogens is 2. The number of carbonyl (C=O) groups is 1. The van der Waals surface area contributed by atoms with Crippen LogP contribution in [0.15, 0.2) is 30.3 Å². The van der Waals surface area contributed by atoms with E-state index in [1.807, 2.05) is 37.3 Å². The fraction of sp³-hybridized carbons (Fsp3) is 0.357. The van der Waals surface area contributed by atoms with Crippen LogP contribution in [-0.2, 0) is 0 Å². The second-order valence-corrected chi connectivity index (χ2v) is 5.20. The third kappa shape index (κ3) is 3.33. The molecular formula is C14H18N4OS. The normalized spacial score (nSPS) is 10.3. The number of anilines is 2. The van der Waals surface area contributed by atoms with Gasteiger partial charge in [0.15, 0.2) is 0 Å². The molecule has 0 saturated heterocycles. The molecule has 0 saturated carbocycles. The van der Waals surface area contributed by atoms with Crippen molar-refractivity contribution in [3.05, 3.63) is 35.3 Å². The van der Waals surface area contributed by atoms with Crippen molar-refractivity contribution < 1.29 is 4.79 Å². The molecule has 0 atom stereocenters. The van der Waals surface area contributed by atoms with Crippen LogP contribution in [0.3, 0.4) is 0 Å². The maximum atomic E-state index is 12.5. The van der Waals surface area contributed by atoms with Gasteiger partial charge < -0.3 is 10.2 Å². The molecule has 1 amide bonds. The van der Waals surface area contributed by atoms with E-state index in [9.17, 15) is 4.79 Å². The Balaban J connectivity index is 2.14. The van der Waals surface area contributed by atoms with Crippen molar-refractivity contribution in [2.24, 2.45) is 0 Å². The summed E-state index contributed by atoms with van der Waals surface area (Å²) in [6.07, 6.45) is 1.01. The van der Waals surface area contributed by atoms with E-state index in [1.165, 1.54) is 11.3 Å². The van der Waals surface area contributed by atoms with Crippen molar-refractivity contribution in [1.82, 2.24) is 10.2 Å². The van der Waals surface area contributed by atoms with Crippen LogP contribution in [0.4, 0.5) is 10.8 Å². The second-order valence-electron chi connectivity index (χ2n) is 4.22. The molecule has 0 spiro atoms. The minimum atomic E-state index is -0.110. The molecule has 2 rings (SSSR count). The van der Waals surface area contributed by atoms with Crippen molar-refractivity contribution in [3.63, 3.8) is 0 Å². The Bertz CT molecular complexity index is 555. The fourth-order valence-electron chi connectivity index (χ4n) is 1.78. The van der Waals surface area contributed by atoms with Gasteiger partial charge in [0.25, 0.3) is 5.91 Å². The van der Waals surface area contributed by atoms with Gasteiger partial charge in [-0.3, -0.25) is 4.79 Å². The number of amides is 1. The first-order valence-electron chi connectivity index (χ1n) is 6.70. The van der Waals surface area contributed by atoms with Crippen LogP contribution < -0.4 is 10.2 Å². The first kappa shape index (κ1) is 14.5. The smallest absolute Gasteiger partial charge is 0.289 e. The van der Waals surface area contributed by atoms with Crippen LogP contribution in [-0.4, -0.2) is 29.2 Å². The van der Waals surface area contributed by atoms with Crippen molar-refractivity contribution >= 4 is 28.1 Å². The van der Waals surface area contributed by atoms with Crippen LogP contribution in [0.5, 0.6) is 0 Å². The molecule has 0 unspecified atom stereocenters. The van der Waals surface area contributed by atoms with Gasteiger partial charge in [-0.05, 0) is 25.5 Å². The van der Waals surface area contributed by atoms with E-state index in [-0.39, 0.29) is 5.91 Å². The fourth-order valence-corrected chi connectivity index (χ4v) is 2.50. The molecule has 1 heterocycles. The number of benzene rings is 1. The van der Waals surface area contributed by atoms with Crippen molar-refractivity contribution in [1.29, 1.82) is 0 Å². The molecule has 0 fully saturated rings. The summed E-state index contributed by atoms with van der Waals surface area (Å²) in [5.41, 5.74) is 0.873. The van der Waals surface area contributed by atoms with Gasteiger partial charge in [0, 0.05) is 18.8 Å². The minimum absolute atomic E-state index is 0.110. The predicted molar refractivity (Wildman–Crippen MR) is 82.5 cm³/mol. The number of para-hydroxylation sites is 1. The Morgan fingerprint density at radius 3 is 2.65 bits per heavy atom. The zero-order valence-corrected chi connectivity index (χ0v) is 12.5. The number of rotatable bonds is 6. The summed E-state index contributed by atoms with van der Waals surface area (Å²) in [4.78, 5) is 14.2. The second kappa shape index (κ2) is 7.00. The van der Waals surface area contributed by atoms with E-state index in [0.717, 1.165) is 18.7 Å². The molecule has 6 heteroatoms. The van der Waals surface area contributed by atoms with Crippen LogP contribution in [0, 0.1) is 0 Å². The first-order chi connectivity index (χ1) is 9.76. The third-order valence-corrected chi connectivity index (χ3v) is 3.63. The van der Waals surface area contributed by atoms with Gasteiger partial charge in [-0.1, -0.05) is 36.5 Å². The van der Waals surface area contributed by atoms with Gasteiger partial charge >= 0.3 is 0 Å². The van der Waals surface area contributed by atoms with E-state index < -0.39 is 0 Å². The Labute approximate surface area is 122 Å². The summed E-state index contributed by atoms with van der Waals surface area (Å²) >= 11 is 1.29. The van der Waals surface area contributed by atoms with Gasteiger partial charge in [-0.15, -0.1) is 10.2 Å².